The number of aliphatic imine (C=N–C) groups is 1. The number of anilines is 1. The summed E-state index contributed by atoms with van der Waals surface area (Å²) in [5, 5.41) is 3.41. The number of nitrogens with two attached hydrogens (primary N) is 1. The molecule has 0 amide bonds. The summed E-state index contributed by atoms with van der Waals surface area (Å²) < 4.78 is 0. The van der Waals surface area contributed by atoms with E-state index in [1.807, 2.05) is 105 Å². The molecule has 0 saturated heterocycles. The molecule has 0 heterocycles. The zero-order chi connectivity index (χ0) is 25.0. The molecule has 0 spiro atoms. The highest BCUT2D eigenvalue weighted by Crippen LogP contribution is 2.16. The molecule has 0 aliphatic carbocycles. The Hall–Kier alpha value is -4.09. The molecular weight excluding hydrogens is 418 g/mol. The second-order valence-electron chi connectivity index (χ2n) is 6.84. The van der Waals surface area contributed by atoms with Gasteiger partial charge in [0.25, 0.3) is 0 Å². The molecule has 0 unspecified atom stereocenters. The van der Waals surface area contributed by atoms with Crippen LogP contribution < -0.4 is 11.1 Å². The van der Waals surface area contributed by atoms with E-state index < -0.39 is 0 Å². The fraction of sp³-hybridized carbons (Fsp3) is 0.138. The molecule has 0 atom stereocenters. The average molecular weight is 454 g/mol. The van der Waals surface area contributed by atoms with E-state index in [0.717, 1.165) is 22.8 Å². The number of benzene rings is 4. The van der Waals surface area contributed by atoms with Crippen molar-refractivity contribution in [1.82, 2.24) is 0 Å². The van der Waals surface area contributed by atoms with Gasteiger partial charge in [0.15, 0.2) is 0 Å². The van der Waals surface area contributed by atoms with Crippen molar-refractivity contribution in [3.8, 4) is 0 Å². The summed E-state index contributed by atoms with van der Waals surface area (Å²) in [7, 11) is 0. The highest BCUT2D eigenvalue weighted by atomic mass is 15.0. The average Bonchev–Trinajstić information content (AvgIpc) is 2.93. The van der Waals surface area contributed by atoms with E-state index in [1.54, 1.807) is 0 Å². The first-order valence-corrected chi connectivity index (χ1v) is 11.3. The van der Waals surface area contributed by atoms with Gasteiger partial charge in [0.05, 0.1) is 5.69 Å². The van der Waals surface area contributed by atoms with E-state index >= 15 is 0 Å². The summed E-state index contributed by atoms with van der Waals surface area (Å²) in [6.07, 6.45) is 0. The molecule has 0 bridgehead atoms. The zero-order valence-electron chi connectivity index (χ0n) is 20.2. The van der Waals surface area contributed by atoms with Crippen LogP contribution in [0.3, 0.4) is 0 Å². The molecule has 0 aliphatic rings. The van der Waals surface area contributed by atoms with Crippen LogP contribution in [0.5, 0.6) is 0 Å². The van der Waals surface area contributed by atoms with Crippen molar-refractivity contribution >= 4 is 17.2 Å². The zero-order valence-corrected chi connectivity index (χ0v) is 20.2. The predicted molar refractivity (Wildman–Crippen MR) is 145 cm³/mol. The minimum atomic E-state index is 0.640. The Morgan fingerprint density at radius 3 is 1.65 bits per heavy atom. The van der Waals surface area contributed by atoms with Crippen LogP contribution in [-0.2, 0) is 6.54 Å². The van der Waals surface area contributed by atoms with Crippen LogP contribution in [0, 0.1) is 18.0 Å². The van der Waals surface area contributed by atoms with Crippen molar-refractivity contribution in [2.75, 3.05) is 5.32 Å². The predicted octanol–water partition coefficient (Wildman–Crippen LogP) is 7.95. The van der Waals surface area contributed by atoms with Crippen LogP contribution in [0.4, 0.5) is 11.4 Å². The first kappa shape index (κ1) is 27.9. The molecule has 0 radical (unpaired) electrons. The number of rotatable bonds is 4. The number of hydrogen-bond acceptors (Lipinski definition) is 4. The SMILES string of the molecule is CC.Cc1ccc(C(=Nc2ccccc2)Nc2ccccc2)cc1.N=N.NCc1ccccc1. The summed E-state index contributed by atoms with van der Waals surface area (Å²) in [6, 6.07) is 38.5. The normalized spacial score (nSPS) is 9.71. The van der Waals surface area contributed by atoms with Crippen LogP contribution in [-0.4, -0.2) is 5.84 Å². The van der Waals surface area contributed by atoms with Gasteiger partial charge in [-0.05, 0) is 36.8 Å². The lowest BCUT2D eigenvalue weighted by molar-refractivity contribution is 1.05. The lowest BCUT2D eigenvalue weighted by Crippen LogP contribution is -2.13. The molecule has 4 aromatic rings. The molecule has 0 aliphatic heterocycles. The molecule has 5 N–H and O–H groups in total. The van der Waals surface area contributed by atoms with Crippen molar-refractivity contribution < 1.29 is 0 Å². The highest BCUT2D eigenvalue weighted by Gasteiger charge is 2.04. The van der Waals surface area contributed by atoms with Gasteiger partial charge in [-0.2, -0.15) is 0 Å². The first-order chi connectivity index (χ1) is 16.7. The second kappa shape index (κ2) is 17.5. The summed E-state index contributed by atoms with van der Waals surface area (Å²) in [5.74, 6) is 0.845. The highest BCUT2D eigenvalue weighted by molar-refractivity contribution is 6.09. The van der Waals surface area contributed by atoms with Crippen molar-refractivity contribution in [3.05, 3.63) is 132 Å². The maximum absolute atomic E-state index is 5.35. The maximum atomic E-state index is 5.35. The Kier molecular flexibility index (Phi) is 14.4. The van der Waals surface area contributed by atoms with E-state index in [0.29, 0.717) is 6.54 Å². The number of para-hydroxylation sites is 2. The Bertz CT molecular complexity index is 1050. The van der Waals surface area contributed by atoms with Gasteiger partial charge in [0.1, 0.15) is 5.84 Å². The standard InChI is InChI=1S/C20H18N2.C7H9N.C2H6.H2N2/c1-16-12-14-17(15-13-16)20(21-18-8-4-2-5-9-18)22-19-10-6-3-7-11-19;8-6-7-4-2-1-3-5-7;2*1-2/h2-15H,1H3,(H,21,22);1-5H,6,8H2;1-2H3;1-2H. The van der Waals surface area contributed by atoms with Gasteiger partial charge in [0.2, 0.25) is 0 Å². The molecule has 5 nitrogen and oxygen atoms in total. The Labute approximate surface area is 203 Å². The molecule has 0 saturated carbocycles. The third-order valence-electron chi connectivity index (χ3n) is 4.44. The monoisotopic (exact) mass is 453 g/mol. The molecule has 176 valence electrons. The Morgan fingerprint density at radius 2 is 1.18 bits per heavy atom. The topological polar surface area (TPSA) is 98.1 Å². The van der Waals surface area contributed by atoms with Crippen molar-refractivity contribution in [2.45, 2.75) is 27.3 Å². The summed E-state index contributed by atoms with van der Waals surface area (Å²) in [4.78, 5) is 4.76. The van der Waals surface area contributed by atoms with E-state index in [2.05, 4.69) is 36.5 Å². The number of aryl methyl sites for hydroxylation is 1. The van der Waals surface area contributed by atoms with Gasteiger partial charge in [-0.25, -0.2) is 16.1 Å². The number of hydrogen-bond donors (Lipinski definition) is 4. The maximum Gasteiger partial charge on any atom is 0.138 e. The molecular formula is C29H35N5. The van der Waals surface area contributed by atoms with Gasteiger partial charge in [-0.1, -0.05) is 110 Å². The minimum absolute atomic E-state index is 0.640. The third-order valence-corrected chi connectivity index (χ3v) is 4.44. The molecule has 4 aromatic carbocycles. The van der Waals surface area contributed by atoms with Crippen molar-refractivity contribution in [3.63, 3.8) is 0 Å². The van der Waals surface area contributed by atoms with Crippen LogP contribution in [0.1, 0.15) is 30.5 Å². The first-order valence-electron chi connectivity index (χ1n) is 11.3. The number of amidine groups is 1. The third kappa shape index (κ3) is 10.5. The van der Waals surface area contributed by atoms with Crippen LogP contribution in [0.2, 0.25) is 0 Å². The summed E-state index contributed by atoms with van der Waals surface area (Å²) >= 11 is 0. The van der Waals surface area contributed by atoms with Gasteiger partial charge in [-0.3, -0.25) is 0 Å². The molecule has 0 aromatic heterocycles. The summed E-state index contributed by atoms with van der Waals surface area (Å²) in [6.45, 7) is 6.73. The molecule has 0 fully saturated rings. The van der Waals surface area contributed by atoms with E-state index in [1.165, 1.54) is 11.1 Å². The lowest BCUT2D eigenvalue weighted by atomic mass is 10.1. The van der Waals surface area contributed by atoms with Crippen molar-refractivity contribution in [1.29, 1.82) is 11.1 Å². The van der Waals surface area contributed by atoms with E-state index in [-0.39, 0.29) is 0 Å². The molecule has 34 heavy (non-hydrogen) atoms. The van der Waals surface area contributed by atoms with Crippen LogP contribution in [0.25, 0.3) is 0 Å². The number of nitrogens with one attached hydrogen (secondary N) is 3. The summed E-state index contributed by atoms with van der Waals surface area (Å²) in [5.41, 5.74) is 20.8. The Morgan fingerprint density at radius 1 is 0.706 bits per heavy atom. The second-order valence-corrected chi connectivity index (χ2v) is 6.84. The quantitative estimate of drug-likeness (QED) is 0.143. The van der Waals surface area contributed by atoms with Gasteiger partial charge in [-0.15, -0.1) is 0 Å². The van der Waals surface area contributed by atoms with E-state index in [9.17, 15) is 0 Å². The molecule has 5 heteroatoms. The van der Waals surface area contributed by atoms with Crippen LogP contribution >= 0.6 is 0 Å². The fourth-order valence-electron chi connectivity index (χ4n) is 2.78. The van der Waals surface area contributed by atoms with Crippen LogP contribution in [0.15, 0.2) is 120 Å². The van der Waals surface area contributed by atoms with Crippen molar-refractivity contribution in [2.24, 2.45) is 10.7 Å². The lowest BCUT2D eigenvalue weighted by Gasteiger charge is -2.11. The fourth-order valence-corrected chi connectivity index (χ4v) is 2.78. The molecule has 4 rings (SSSR count). The van der Waals surface area contributed by atoms with Gasteiger partial charge in [0, 0.05) is 17.8 Å². The largest absolute Gasteiger partial charge is 0.340 e. The minimum Gasteiger partial charge on any atom is -0.340 e. The Balaban J connectivity index is 0.000000403. The van der Waals surface area contributed by atoms with Gasteiger partial charge >= 0.3 is 0 Å². The van der Waals surface area contributed by atoms with E-state index in [4.69, 9.17) is 21.8 Å². The smallest absolute Gasteiger partial charge is 0.138 e. The van der Waals surface area contributed by atoms with Gasteiger partial charge < -0.3 is 11.1 Å². The number of nitrogens with zero attached hydrogens (tertiary/aromatic N) is 1.